The summed E-state index contributed by atoms with van der Waals surface area (Å²) in [6.45, 7) is 7.21. The van der Waals surface area contributed by atoms with Gasteiger partial charge in [0.05, 0.1) is 33.6 Å². The molecular weight excluding hydrogens is 689 g/mol. The number of allylic oxidation sites excluding steroid dienone is 1. The van der Waals surface area contributed by atoms with E-state index in [9.17, 15) is 9.59 Å². The Morgan fingerprint density at radius 3 is 2.39 bits per heavy atom. The van der Waals surface area contributed by atoms with Gasteiger partial charge >= 0.3 is 0 Å². The number of likely N-dealkylation sites (N-methyl/N-ethyl adjacent to an activating group) is 1. The van der Waals surface area contributed by atoms with Crippen molar-refractivity contribution in [3.05, 3.63) is 118 Å². The van der Waals surface area contributed by atoms with Crippen LogP contribution >= 0.6 is 33.9 Å². The van der Waals surface area contributed by atoms with E-state index in [2.05, 4.69) is 22.6 Å². The summed E-state index contributed by atoms with van der Waals surface area (Å²) in [4.78, 5) is 35.1. The molecule has 44 heavy (non-hydrogen) atoms. The second-order valence-electron chi connectivity index (χ2n) is 10.1. The first kappa shape index (κ1) is 31.5. The van der Waals surface area contributed by atoms with Crippen LogP contribution in [-0.4, -0.2) is 42.7 Å². The molecule has 0 aliphatic carbocycles. The zero-order valence-corrected chi connectivity index (χ0v) is 28.3. The van der Waals surface area contributed by atoms with Crippen LogP contribution in [0.25, 0.3) is 6.08 Å². The van der Waals surface area contributed by atoms with E-state index in [1.54, 1.807) is 23.7 Å². The maximum atomic E-state index is 14.2. The second-order valence-corrected chi connectivity index (χ2v) is 12.3. The number of thiazole rings is 1. The molecule has 10 heteroatoms. The van der Waals surface area contributed by atoms with Crippen LogP contribution in [0.3, 0.4) is 0 Å². The predicted octanol–water partition coefficient (Wildman–Crippen LogP) is 5.30. The number of benzene rings is 3. The smallest absolute Gasteiger partial charge is 0.271 e. The van der Waals surface area contributed by atoms with E-state index in [1.807, 2.05) is 93.6 Å². The fourth-order valence-electron chi connectivity index (χ4n) is 5.31. The SMILES string of the molecule is CCN(CC)C(=O)C1=C(C)N=c2s/c(=C/c3cc(I)c(OCc4ccccc4)c(OC)c3)c(=O)n2[C@H]1c1ccccc1OC. The number of rotatable bonds is 10. The third-order valence-corrected chi connectivity index (χ3v) is 9.30. The summed E-state index contributed by atoms with van der Waals surface area (Å²) in [6, 6.07) is 20.6. The molecule has 1 aliphatic heterocycles. The maximum Gasteiger partial charge on any atom is 0.271 e. The van der Waals surface area contributed by atoms with Gasteiger partial charge in [0.15, 0.2) is 16.3 Å². The average Bonchev–Trinajstić information content (AvgIpc) is 3.34. The van der Waals surface area contributed by atoms with Crippen LogP contribution in [0.4, 0.5) is 0 Å². The van der Waals surface area contributed by atoms with Crippen LogP contribution in [0, 0.1) is 3.57 Å². The lowest BCUT2D eigenvalue weighted by molar-refractivity contribution is -0.127. The molecule has 0 bridgehead atoms. The van der Waals surface area contributed by atoms with Crippen molar-refractivity contribution in [3.8, 4) is 17.2 Å². The number of carbonyl (C=O) groups excluding carboxylic acids is 1. The van der Waals surface area contributed by atoms with E-state index in [0.29, 0.717) is 57.5 Å². The lowest BCUT2D eigenvalue weighted by atomic mass is 9.94. The zero-order valence-electron chi connectivity index (χ0n) is 25.3. The predicted molar refractivity (Wildman–Crippen MR) is 181 cm³/mol. The third kappa shape index (κ3) is 6.18. The fourth-order valence-corrected chi connectivity index (χ4v) is 7.13. The Kier molecular flexibility index (Phi) is 9.90. The molecule has 8 nitrogen and oxygen atoms in total. The molecule has 1 aliphatic rings. The van der Waals surface area contributed by atoms with Gasteiger partial charge in [-0.1, -0.05) is 59.9 Å². The van der Waals surface area contributed by atoms with Gasteiger partial charge < -0.3 is 19.1 Å². The summed E-state index contributed by atoms with van der Waals surface area (Å²) >= 11 is 3.52. The Labute approximate surface area is 274 Å². The third-order valence-electron chi connectivity index (χ3n) is 7.51. The van der Waals surface area contributed by atoms with Crippen LogP contribution in [-0.2, 0) is 11.4 Å². The molecule has 0 fully saturated rings. The molecule has 0 saturated heterocycles. The summed E-state index contributed by atoms with van der Waals surface area (Å²) < 4.78 is 20.5. The monoisotopic (exact) mass is 723 g/mol. The highest BCUT2D eigenvalue weighted by atomic mass is 127. The summed E-state index contributed by atoms with van der Waals surface area (Å²) in [5.74, 6) is 1.66. The minimum Gasteiger partial charge on any atom is -0.496 e. The lowest BCUT2D eigenvalue weighted by Gasteiger charge is -2.29. The second kappa shape index (κ2) is 13.8. The van der Waals surface area contributed by atoms with Crippen molar-refractivity contribution in [3.63, 3.8) is 0 Å². The highest BCUT2D eigenvalue weighted by Gasteiger charge is 2.35. The molecule has 4 aromatic rings. The van der Waals surface area contributed by atoms with Crippen molar-refractivity contribution in [2.75, 3.05) is 27.3 Å². The number of ether oxygens (including phenoxy) is 3. The van der Waals surface area contributed by atoms with Crippen LogP contribution in [0.1, 0.15) is 43.5 Å². The summed E-state index contributed by atoms with van der Waals surface area (Å²) in [7, 11) is 3.19. The lowest BCUT2D eigenvalue weighted by Crippen LogP contribution is -2.43. The molecule has 0 N–H and O–H groups in total. The van der Waals surface area contributed by atoms with Gasteiger partial charge in [-0.15, -0.1) is 0 Å². The minimum absolute atomic E-state index is 0.146. The first-order chi connectivity index (χ1) is 21.3. The van der Waals surface area contributed by atoms with Gasteiger partial charge in [0, 0.05) is 18.7 Å². The molecule has 0 unspecified atom stereocenters. The number of methoxy groups -OCH3 is 2. The number of amides is 1. The first-order valence-electron chi connectivity index (χ1n) is 14.3. The van der Waals surface area contributed by atoms with Crippen molar-refractivity contribution >= 4 is 45.9 Å². The average molecular weight is 724 g/mol. The van der Waals surface area contributed by atoms with E-state index in [-0.39, 0.29) is 11.5 Å². The number of halogens is 1. The maximum absolute atomic E-state index is 14.2. The topological polar surface area (TPSA) is 82.4 Å². The quantitative estimate of drug-likeness (QED) is 0.208. The highest BCUT2D eigenvalue weighted by molar-refractivity contribution is 14.1. The highest BCUT2D eigenvalue weighted by Crippen LogP contribution is 2.37. The summed E-state index contributed by atoms with van der Waals surface area (Å²) in [5.41, 5.74) is 3.38. The normalized spacial score (nSPS) is 14.6. The van der Waals surface area contributed by atoms with Gasteiger partial charge in [0.2, 0.25) is 0 Å². The van der Waals surface area contributed by atoms with Gasteiger partial charge in [0.1, 0.15) is 18.4 Å². The number of hydrogen-bond donors (Lipinski definition) is 0. The van der Waals surface area contributed by atoms with Crippen LogP contribution in [0.5, 0.6) is 17.2 Å². The van der Waals surface area contributed by atoms with Gasteiger partial charge in [0.25, 0.3) is 11.5 Å². The molecule has 0 spiro atoms. The van der Waals surface area contributed by atoms with E-state index < -0.39 is 6.04 Å². The molecule has 1 atom stereocenters. The molecule has 5 rings (SSSR count). The Bertz CT molecular complexity index is 1890. The number of hydrogen-bond acceptors (Lipinski definition) is 7. The number of fused-ring (bicyclic) bond motifs is 1. The Balaban J connectivity index is 1.62. The van der Waals surface area contributed by atoms with Gasteiger partial charge in [-0.2, -0.15) is 0 Å². The number of nitrogens with zero attached hydrogens (tertiary/aromatic N) is 3. The van der Waals surface area contributed by atoms with Gasteiger partial charge in [-0.05, 0) is 78.8 Å². The standard InChI is InChI=1S/C34H34IN3O5S/c1-6-37(7-2)33(40)29-21(3)36-34-38(30(29)24-15-11-12-16-26(24)41-4)32(39)28(44-34)19-23-17-25(35)31(27(18-23)42-5)43-20-22-13-9-8-10-14-22/h8-19,30H,6-7,20H2,1-5H3/b28-19+/t30-/m0/s1. The molecule has 3 aromatic carbocycles. The van der Waals surface area contributed by atoms with Crippen molar-refractivity contribution in [1.82, 2.24) is 9.47 Å². The van der Waals surface area contributed by atoms with E-state index in [1.165, 1.54) is 11.3 Å². The molecule has 1 amide bonds. The Morgan fingerprint density at radius 1 is 1.02 bits per heavy atom. The number of aromatic nitrogens is 1. The zero-order chi connectivity index (χ0) is 31.4. The molecular formula is C34H34IN3O5S. The first-order valence-corrected chi connectivity index (χ1v) is 16.2. The number of para-hydroxylation sites is 1. The summed E-state index contributed by atoms with van der Waals surface area (Å²) in [6.07, 6.45) is 1.83. The molecule has 1 aromatic heterocycles. The number of carbonyl (C=O) groups is 1. The van der Waals surface area contributed by atoms with Gasteiger partial charge in [-0.3, -0.25) is 14.2 Å². The Morgan fingerprint density at radius 2 is 1.70 bits per heavy atom. The van der Waals surface area contributed by atoms with E-state index in [0.717, 1.165) is 20.3 Å². The fraction of sp³-hybridized carbons (Fsp3) is 0.265. The van der Waals surface area contributed by atoms with Crippen molar-refractivity contribution in [1.29, 1.82) is 0 Å². The van der Waals surface area contributed by atoms with Crippen LogP contribution in [0.2, 0.25) is 0 Å². The van der Waals surface area contributed by atoms with Crippen molar-refractivity contribution in [2.45, 2.75) is 33.4 Å². The van der Waals surface area contributed by atoms with Crippen LogP contribution in [0.15, 0.2) is 87.8 Å². The van der Waals surface area contributed by atoms with Crippen molar-refractivity contribution < 1.29 is 19.0 Å². The molecule has 0 radical (unpaired) electrons. The Hall–Kier alpha value is -3.90. The molecule has 0 saturated carbocycles. The summed E-state index contributed by atoms with van der Waals surface area (Å²) in [5, 5.41) is 0. The largest absolute Gasteiger partial charge is 0.496 e. The minimum atomic E-state index is -0.693. The van der Waals surface area contributed by atoms with E-state index in [4.69, 9.17) is 19.2 Å². The van der Waals surface area contributed by atoms with E-state index >= 15 is 0 Å². The van der Waals surface area contributed by atoms with Gasteiger partial charge in [-0.25, -0.2) is 4.99 Å². The molecule has 228 valence electrons. The van der Waals surface area contributed by atoms with Crippen molar-refractivity contribution in [2.24, 2.45) is 4.99 Å². The molecule has 2 heterocycles. The van der Waals surface area contributed by atoms with Crippen LogP contribution < -0.4 is 29.1 Å².